The highest BCUT2D eigenvalue weighted by molar-refractivity contribution is 9.10. The van der Waals surface area contributed by atoms with Gasteiger partial charge in [-0.15, -0.1) is 0 Å². The lowest BCUT2D eigenvalue weighted by Gasteiger charge is -2.29. The molecule has 0 spiro atoms. The fraction of sp³-hybridized carbons (Fsp3) is 0.538. The molecule has 0 N–H and O–H groups in total. The van der Waals surface area contributed by atoms with Crippen LogP contribution in [0.3, 0.4) is 0 Å². The van der Waals surface area contributed by atoms with Gasteiger partial charge in [0.25, 0.3) is 0 Å². The van der Waals surface area contributed by atoms with Crippen LogP contribution in [0.15, 0.2) is 28.7 Å². The van der Waals surface area contributed by atoms with Gasteiger partial charge in [-0.3, -0.25) is 4.90 Å². The molecule has 0 radical (unpaired) electrons. The van der Waals surface area contributed by atoms with Crippen LogP contribution in [0.4, 0.5) is 0 Å². The minimum Gasteiger partial charge on any atom is -0.297 e. The van der Waals surface area contributed by atoms with Crippen LogP contribution in [-0.2, 0) is 5.54 Å². The van der Waals surface area contributed by atoms with Gasteiger partial charge in [-0.25, -0.2) is 0 Å². The number of halogens is 1. The van der Waals surface area contributed by atoms with Gasteiger partial charge in [0.1, 0.15) is 0 Å². The van der Waals surface area contributed by atoms with E-state index in [-0.39, 0.29) is 0 Å². The second-order valence-electron chi connectivity index (χ2n) is 4.43. The van der Waals surface area contributed by atoms with Gasteiger partial charge in [-0.1, -0.05) is 41.1 Å². The monoisotopic (exact) mass is 267 g/mol. The zero-order valence-electron chi connectivity index (χ0n) is 9.46. The maximum atomic E-state index is 3.66. The van der Waals surface area contributed by atoms with E-state index in [0.717, 1.165) is 0 Å². The largest absolute Gasteiger partial charge is 0.297 e. The van der Waals surface area contributed by atoms with Crippen LogP contribution in [0.1, 0.15) is 31.7 Å². The molecule has 1 aliphatic rings. The summed E-state index contributed by atoms with van der Waals surface area (Å²) in [6, 6.07) is 8.63. The Labute approximate surface area is 101 Å². The SMILES string of the molecule is CCCN(C)C1(c2ccccc2Br)CC1. The van der Waals surface area contributed by atoms with Crippen molar-refractivity contribution in [2.75, 3.05) is 13.6 Å². The molecule has 1 aromatic carbocycles. The summed E-state index contributed by atoms with van der Waals surface area (Å²) in [5.74, 6) is 0. The van der Waals surface area contributed by atoms with Gasteiger partial charge < -0.3 is 0 Å². The summed E-state index contributed by atoms with van der Waals surface area (Å²) in [6.07, 6.45) is 3.82. The number of hydrogen-bond acceptors (Lipinski definition) is 1. The smallest absolute Gasteiger partial charge is 0.0470 e. The van der Waals surface area contributed by atoms with Gasteiger partial charge in [0.05, 0.1) is 0 Å². The van der Waals surface area contributed by atoms with Crippen LogP contribution in [0.2, 0.25) is 0 Å². The van der Waals surface area contributed by atoms with Crippen molar-refractivity contribution in [3.05, 3.63) is 34.3 Å². The molecule has 1 aliphatic carbocycles. The van der Waals surface area contributed by atoms with Gasteiger partial charge in [-0.2, -0.15) is 0 Å². The number of benzene rings is 1. The highest BCUT2D eigenvalue weighted by Gasteiger charge is 2.48. The molecule has 0 amide bonds. The second kappa shape index (κ2) is 4.26. The number of nitrogens with zero attached hydrogens (tertiary/aromatic N) is 1. The molecule has 0 heterocycles. The van der Waals surface area contributed by atoms with Crippen LogP contribution in [0.5, 0.6) is 0 Å². The van der Waals surface area contributed by atoms with Gasteiger partial charge in [0.15, 0.2) is 0 Å². The van der Waals surface area contributed by atoms with Crippen molar-refractivity contribution < 1.29 is 0 Å². The van der Waals surface area contributed by atoms with Crippen molar-refractivity contribution in [1.29, 1.82) is 0 Å². The molecular formula is C13H18BrN. The molecule has 15 heavy (non-hydrogen) atoms. The fourth-order valence-corrected chi connectivity index (χ4v) is 3.02. The molecule has 0 unspecified atom stereocenters. The van der Waals surface area contributed by atoms with E-state index in [1.807, 2.05) is 0 Å². The van der Waals surface area contributed by atoms with Crippen molar-refractivity contribution in [3.8, 4) is 0 Å². The van der Waals surface area contributed by atoms with Crippen LogP contribution >= 0.6 is 15.9 Å². The van der Waals surface area contributed by atoms with E-state index in [0.29, 0.717) is 5.54 Å². The molecule has 0 bridgehead atoms. The molecule has 0 aliphatic heterocycles. The Kier molecular flexibility index (Phi) is 3.17. The molecule has 2 heteroatoms. The van der Waals surface area contributed by atoms with E-state index in [1.165, 1.54) is 35.8 Å². The normalized spacial score (nSPS) is 18.1. The summed E-state index contributed by atoms with van der Waals surface area (Å²) in [6.45, 7) is 3.42. The Hall–Kier alpha value is -0.340. The quantitative estimate of drug-likeness (QED) is 0.803. The second-order valence-corrected chi connectivity index (χ2v) is 5.29. The van der Waals surface area contributed by atoms with Gasteiger partial charge >= 0.3 is 0 Å². The van der Waals surface area contributed by atoms with E-state index >= 15 is 0 Å². The summed E-state index contributed by atoms with van der Waals surface area (Å²) >= 11 is 3.66. The zero-order valence-corrected chi connectivity index (χ0v) is 11.0. The molecule has 0 aromatic heterocycles. The van der Waals surface area contributed by atoms with E-state index < -0.39 is 0 Å². The number of rotatable bonds is 4. The third-order valence-corrected chi connectivity index (χ3v) is 4.08. The molecule has 1 fully saturated rings. The minimum absolute atomic E-state index is 0.329. The first kappa shape index (κ1) is 11.2. The number of hydrogen-bond donors (Lipinski definition) is 0. The van der Waals surface area contributed by atoms with E-state index in [2.05, 4.69) is 59.1 Å². The molecule has 82 valence electrons. The van der Waals surface area contributed by atoms with Crippen molar-refractivity contribution in [1.82, 2.24) is 4.90 Å². The third kappa shape index (κ3) is 1.98. The first-order valence-electron chi connectivity index (χ1n) is 5.67. The first-order chi connectivity index (χ1) is 7.20. The van der Waals surface area contributed by atoms with Crippen LogP contribution in [0.25, 0.3) is 0 Å². The highest BCUT2D eigenvalue weighted by atomic mass is 79.9. The van der Waals surface area contributed by atoms with Crippen molar-refractivity contribution in [3.63, 3.8) is 0 Å². The summed E-state index contributed by atoms with van der Waals surface area (Å²) in [7, 11) is 2.25. The van der Waals surface area contributed by atoms with Crippen LogP contribution in [-0.4, -0.2) is 18.5 Å². The Balaban J connectivity index is 2.26. The molecule has 1 aromatic rings. The molecule has 0 atom stereocenters. The third-order valence-electron chi connectivity index (χ3n) is 3.39. The van der Waals surface area contributed by atoms with E-state index in [9.17, 15) is 0 Å². The van der Waals surface area contributed by atoms with Crippen LogP contribution < -0.4 is 0 Å². The topological polar surface area (TPSA) is 3.24 Å². The Morgan fingerprint density at radius 3 is 2.53 bits per heavy atom. The minimum atomic E-state index is 0.329. The average molecular weight is 268 g/mol. The van der Waals surface area contributed by atoms with Crippen LogP contribution in [0, 0.1) is 0 Å². The summed E-state index contributed by atoms with van der Waals surface area (Å²) < 4.78 is 1.26. The predicted molar refractivity (Wildman–Crippen MR) is 68.0 cm³/mol. The lowest BCUT2D eigenvalue weighted by atomic mass is 10.0. The maximum absolute atomic E-state index is 3.66. The molecule has 2 rings (SSSR count). The fourth-order valence-electron chi connectivity index (χ4n) is 2.36. The summed E-state index contributed by atoms with van der Waals surface area (Å²) in [5, 5.41) is 0. The first-order valence-corrected chi connectivity index (χ1v) is 6.46. The lowest BCUT2D eigenvalue weighted by Crippen LogP contribution is -2.32. The molecule has 1 saturated carbocycles. The van der Waals surface area contributed by atoms with Gasteiger partial charge in [-0.05, 0) is 44.5 Å². The Morgan fingerprint density at radius 1 is 1.33 bits per heavy atom. The molecule has 0 saturated heterocycles. The predicted octanol–water partition coefficient (Wildman–Crippen LogP) is 3.78. The standard InChI is InChI=1S/C13H18BrN/c1-3-10-15(2)13(8-9-13)11-6-4-5-7-12(11)14/h4-7H,3,8-10H2,1-2H3. The average Bonchev–Trinajstić information content (AvgIpc) is 3.00. The molecular weight excluding hydrogens is 250 g/mol. The van der Waals surface area contributed by atoms with Gasteiger partial charge in [0.2, 0.25) is 0 Å². The maximum Gasteiger partial charge on any atom is 0.0470 e. The summed E-state index contributed by atoms with van der Waals surface area (Å²) in [5.41, 5.74) is 1.79. The summed E-state index contributed by atoms with van der Waals surface area (Å²) in [4.78, 5) is 2.51. The zero-order chi connectivity index (χ0) is 10.9. The van der Waals surface area contributed by atoms with Crippen molar-refractivity contribution >= 4 is 15.9 Å². The van der Waals surface area contributed by atoms with Crippen molar-refractivity contribution in [2.45, 2.75) is 31.7 Å². The van der Waals surface area contributed by atoms with E-state index in [4.69, 9.17) is 0 Å². The van der Waals surface area contributed by atoms with Crippen molar-refractivity contribution in [2.24, 2.45) is 0 Å². The highest BCUT2D eigenvalue weighted by Crippen LogP contribution is 2.52. The lowest BCUT2D eigenvalue weighted by molar-refractivity contribution is 0.222. The van der Waals surface area contributed by atoms with Gasteiger partial charge in [0, 0.05) is 10.0 Å². The van der Waals surface area contributed by atoms with E-state index in [1.54, 1.807) is 0 Å². The Bertz CT molecular complexity index is 344. The molecule has 1 nitrogen and oxygen atoms in total. The Morgan fingerprint density at radius 2 is 2.00 bits per heavy atom.